The van der Waals surface area contributed by atoms with E-state index in [0.717, 1.165) is 22.8 Å². The van der Waals surface area contributed by atoms with Gasteiger partial charge in [0.1, 0.15) is 17.3 Å². The minimum absolute atomic E-state index is 0.123. The Hall–Kier alpha value is -3.85. The molecule has 0 atom stereocenters. The molecular formula is C23H21N5O3S. The molecule has 9 heteroatoms. The molecule has 0 spiro atoms. The average molecular weight is 448 g/mol. The third-order valence-electron chi connectivity index (χ3n) is 4.47. The molecule has 1 N–H and O–H groups in total. The van der Waals surface area contributed by atoms with Gasteiger partial charge in [-0.3, -0.25) is 9.36 Å². The number of aryl methyl sites for hydroxylation is 1. The van der Waals surface area contributed by atoms with Gasteiger partial charge in [-0.2, -0.15) is 5.10 Å². The van der Waals surface area contributed by atoms with E-state index in [1.165, 1.54) is 18.0 Å². The SMILES string of the molecule is COc1ccc(-n2c(SCC(=O)N/N=C/c3ccc(C)o3)nnc2-c2ccccc2)cc1. The number of hydrogen-bond acceptors (Lipinski definition) is 7. The number of aromatic nitrogens is 3. The number of hydrazone groups is 1. The zero-order valence-corrected chi connectivity index (χ0v) is 18.4. The Kier molecular flexibility index (Phi) is 6.66. The van der Waals surface area contributed by atoms with Gasteiger partial charge in [-0.05, 0) is 43.3 Å². The first-order valence-electron chi connectivity index (χ1n) is 9.80. The van der Waals surface area contributed by atoms with Gasteiger partial charge in [0.25, 0.3) is 5.91 Å². The quantitative estimate of drug-likeness (QED) is 0.248. The first kappa shape index (κ1) is 21.4. The normalized spacial score (nSPS) is 11.1. The van der Waals surface area contributed by atoms with Gasteiger partial charge in [-0.1, -0.05) is 42.1 Å². The molecule has 2 aromatic carbocycles. The maximum atomic E-state index is 12.3. The summed E-state index contributed by atoms with van der Waals surface area (Å²) in [6, 6.07) is 21.0. The van der Waals surface area contributed by atoms with Gasteiger partial charge >= 0.3 is 0 Å². The van der Waals surface area contributed by atoms with E-state index in [2.05, 4.69) is 20.7 Å². The molecule has 2 heterocycles. The molecule has 0 saturated carbocycles. The van der Waals surface area contributed by atoms with Crippen LogP contribution in [-0.2, 0) is 4.79 Å². The van der Waals surface area contributed by atoms with Crippen LogP contribution in [0.5, 0.6) is 5.75 Å². The third-order valence-corrected chi connectivity index (χ3v) is 5.40. The summed E-state index contributed by atoms with van der Waals surface area (Å²) in [6.07, 6.45) is 1.46. The molecule has 32 heavy (non-hydrogen) atoms. The van der Waals surface area contributed by atoms with Crippen molar-refractivity contribution < 1.29 is 13.9 Å². The van der Waals surface area contributed by atoms with Crippen molar-refractivity contribution in [1.82, 2.24) is 20.2 Å². The number of nitrogens with one attached hydrogen (secondary N) is 1. The summed E-state index contributed by atoms with van der Waals surface area (Å²) >= 11 is 1.27. The molecule has 0 saturated heterocycles. The Morgan fingerprint density at radius 3 is 2.59 bits per heavy atom. The lowest BCUT2D eigenvalue weighted by Crippen LogP contribution is -2.19. The van der Waals surface area contributed by atoms with Crippen LogP contribution in [0.25, 0.3) is 17.1 Å². The second-order valence-electron chi connectivity index (χ2n) is 6.74. The molecule has 2 aromatic heterocycles. The van der Waals surface area contributed by atoms with Crippen LogP contribution in [0.1, 0.15) is 11.5 Å². The van der Waals surface area contributed by atoms with Crippen LogP contribution in [0.4, 0.5) is 0 Å². The highest BCUT2D eigenvalue weighted by atomic mass is 32.2. The van der Waals surface area contributed by atoms with Gasteiger partial charge in [0.15, 0.2) is 11.0 Å². The maximum absolute atomic E-state index is 12.3. The van der Waals surface area contributed by atoms with E-state index in [0.29, 0.717) is 16.7 Å². The van der Waals surface area contributed by atoms with E-state index in [4.69, 9.17) is 9.15 Å². The van der Waals surface area contributed by atoms with Gasteiger partial charge in [0, 0.05) is 11.3 Å². The molecule has 0 aliphatic carbocycles. The number of benzene rings is 2. The Balaban J connectivity index is 1.52. The van der Waals surface area contributed by atoms with Crippen molar-refractivity contribution in [3.05, 3.63) is 78.3 Å². The topological polar surface area (TPSA) is 94.5 Å². The van der Waals surface area contributed by atoms with Crippen LogP contribution >= 0.6 is 11.8 Å². The summed E-state index contributed by atoms with van der Waals surface area (Å²) in [5.41, 5.74) is 4.29. The van der Waals surface area contributed by atoms with Crippen LogP contribution in [-0.4, -0.2) is 39.7 Å². The van der Waals surface area contributed by atoms with Gasteiger partial charge < -0.3 is 9.15 Å². The number of carbonyl (C=O) groups excluding carboxylic acids is 1. The number of amides is 1. The molecule has 0 aliphatic rings. The fraction of sp³-hybridized carbons (Fsp3) is 0.130. The van der Waals surface area contributed by atoms with Crippen molar-refractivity contribution >= 4 is 23.9 Å². The van der Waals surface area contributed by atoms with Gasteiger partial charge in [0.2, 0.25) is 0 Å². The highest BCUT2D eigenvalue weighted by Crippen LogP contribution is 2.28. The largest absolute Gasteiger partial charge is 0.497 e. The predicted octanol–water partition coefficient (Wildman–Crippen LogP) is 4.09. The second-order valence-corrected chi connectivity index (χ2v) is 7.68. The van der Waals surface area contributed by atoms with E-state index in [9.17, 15) is 4.79 Å². The van der Waals surface area contributed by atoms with E-state index in [-0.39, 0.29) is 11.7 Å². The number of methoxy groups -OCH3 is 1. The van der Waals surface area contributed by atoms with Crippen molar-refractivity contribution in [2.24, 2.45) is 5.10 Å². The van der Waals surface area contributed by atoms with E-state index >= 15 is 0 Å². The Labute approximate surface area is 189 Å². The number of rotatable bonds is 8. The zero-order chi connectivity index (χ0) is 22.3. The first-order valence-corrected chi connectivity index (χ1v) is 10.8. The summed E-state index contributed by atoms with van der Waals surface area (Å²) in [6.45, 7) is 1.84. The second kappa shape index (κ2) is 9.97. The zero-order valence-electron chi connectivity index (χ0n) is 17.6. The maximum Gasteiger partial charge on any atom is 0.250 e. The van der Waals surface area contributed by atoms with Crippen LogP contribution in [0, 0.1) is 6.92 Å². The molecule has 162 valence electrons. The van der Waals surface area contributed by atoms with E-state index in [1.54, 1.807) is 13.2 Å². The van der Waals surface area contributed by atoms with Crippen molar-refractivity contribution in [2.45, 2.75) is 12.1 Å². The highest BCUT2D eigenvalue weighted by Gasteiger charge is 2.17. The molecule has 0 aliphatic heterocycles. The van der Waals surface area contributed by atoms with Gasteiger partial charge in [-0.25, -0.2) is 5.43 Å². The molecule has 0 bridgehead atoms. The van der Waals surface area contributed by atoms with Crippen LogP contribution < -0.4 is 10.2 Å². The molecule has 4 aromatic rings. The minimum Gasteiger partial charge on any atom is -0.497 e. The Bertz CT molecular complexity index is 1220. The molecule has 8 nitrogen and oxygen atoms in total. The number of carbonyl (C=O) groups is 1. The lowest BCUT2D eigenvalue weighted by molar-refractivity contribution is -0.118. The monoisotopic (exact) mass is 447 g/mol. The third kappa shape index (κ3) is 5.06. The molecule has 0 unspecified atom stereocenters. The molecule has 0 fully saturated rings. The predicted molar refractivity (Wildman–Crippen MR) is 123 cm³/mol. The summed E-state index contributed by atoms with van der Waals surface area (Å²) in [5.74, 6) is 2.64. The van der Waals surface area contributed by atoms with E-state index in [1.807, 2.05) is 72.2 Å². The standard InChI is InChI=1S/C23H21N5O3S/c1-16-8-11-20(31-16)14-24-25-21(29)15-32-23-27-26-22(17-6-4-3-5-7-17)28(23)18-9-12-19(30-2)13-10-18/h3-14H,15H2,1-2H3,(H,25,29)/b24-14+. The van der Waals surface area contributed by atoms with Crippen molar-refractivity contribution in [2.75, 3.05) is 12.9 Å². The number of ether oxygens (including phenoxy) is 1. The smallest absolute Gasteiger partial charge is 0.250 e. The Morgan fingerprint density at radius 1 is 1.12 bits per heavy atom. The number of hydrogen-bond donors (Lipinski definition) is 1. The number of thioether (sulfide) groups is 1. The summed E-state index contributed by atoms with van der Waals surface area (Å²) in [7, 11) is 1.62. The molecule has 0 radical (unpaired) electrons. The Morgan fingerprint density at radius 2 is 1.91 bits per heavy atom. The molecule has 4 rings (SSSR count). The summed E-state index contributed by atoms with van der Waals surface area (Å²) < 4.78 is 12.6. The fourth-order valence-electron chi connectivity index (χ4n) is 2.95. The number of furan rings is 1. The van der Waals surface area contributed by atoms with Crippen LogP contribution in [0.3, 0.4) is 0 Å². The van der Waals surface area contributed by atoms with Crippen LogP contribution in [0.2, 0.25) is 0 Å². The van der Waals surface area contributed by atoms with Crippen LogP contribution in [0.15, 0.2) is 81.4 Å². The minimum atomic E-state index is -0.264. The number of nitrogens with zero attached hydrogens (tertiary/aromatic N) is 4. The van der Waals surface area contributed by atoms with E-state index < -0.39 is 0 Å². The van der Waals surface area contributed by atoms with Gasteiger partial charge in [-0.15, -0.1) is 10.2 Å². The lowest BCUT2D eigenvalue weighted by atomic mass is 10.2. The highest BCUT2D eigenvalue weighted by molar-refractivity contribution is 7.99. The fourth-order valence-corrected chi connectivity index (χ4v) is 3.70. The summed E-state index contributed by atoms with van der Waals surface area (Å²) in [5, 5.41) is 13.2. The molecule has 1 amide bonds. The lowest BCUT2D eigenvalue weighted by Gasteiger charge is -2.11. The average Bonchev–Trinajstić information content (AvgIpc) is 3.44. The summed E-state index contributed by atoms with van der Waals surface area (Å²) in [4.78, 5) is 12.3. The molecular weight excluding hydrogens is 426 g/mol. The van der Waals surface area contributed by atoms with Crippen molar-refractivity contribution in [3.63, 3.8) is 0 Å². The van der Waals surface area contributed by atoms with Gasteiger partial charge in [0.05, 0.1) is 19.1 Å². The van der Waals surface area contributed by atoms with Crippen molar-refractivity contribution in [3.8, 4) is 22.8 Å². The van der Waals surface area contributed by atoms with Crippen molar-refractivity contribution in [1.29, 1.82) is 0 Å². The first-order chi connectivity index (χ1) is 15.6.